The van der Waals surface area contributed by atoms with Crippen LogP contribution in [0.25, 0.3) is 0 Å². The van der Waals surface area contributed by atoms with Gasteiger partial charge in [0.25, 0.3) is 0 Å². The number of hydrogen-bond acceptors (Lipinski definition) is 4. The number of alkyl halides is 2. The Morgan fingerprint density at radius 1 is 1.36 bits per heavy atom. The molecular weight excluding hydrogens is 330 g/mol. The third kappa shape index (κ3) is 5.64. The van der Waals surface area contributed by atoms with Gasteiger partial charge in [0.05, 0.1) is 13.2 Å². The fourth-order valence-electron chi connectivity index (χ4n) is 2.72. The summed E-state index contributed by atoms with van der Waals surface area (Å²) in [7, 11) is 0. The average Bonchev–Trinajstić information content (AvgIpc) is 3.07. The minimum atomic E-state index is -2.61. The van der Waals surface area contributed by atoms with E-state index in [4.69, 9.17) is 4.74 Å². The summed E-state index contributed by atoms with van der Waals surface area (Å²) in [6.45, 7) is 8.43. The molecule has 9 heteroatoms. The third-order valence-electron chi connectivity index (χ3n) is 4.24. The zero-order valence-electron chi connectivity index (χ0n) is 15.1. The van der Waals surface area contributed by atoms with Gasteiger partial charge in [-0.1, -0.05) is 0 Å². The van der Waals surface area contributed by atoms with Crippen molar-refractivity contribution in [2.45, 2.75) is 39.4 Å². The molecule has 0 saturated carbocycles. The minimum absolute atomic E-state index is 0.0680. The van der Waals surface area contributed by atoms with Crippen molar-refractivity contribution in [1.82, 2.24) is 25.1 Å². The SMILES string of the molecule is CCNC(=NCc1nccn1C(F)F)NCC(C)(C)N1CCOCC1. The molecule has 2 heterocycles. The first-order valence-corrected chi connectivity index (χ1v) is 8.59. The van der Waals surface area contributed by atoms with Gasteiger partial charge in [0.1, 0.15) is 12.4 Å². The van der Waals surface area contributed by atoms with Crippen LogP contribution in [0.15, 0.2) is 17.4 Å². The Morgan fingerprint density at radius 2 is 2.08 bits per heavy atom. The van der Waals surface area contributed by atoms with Crippen molar-refractivity contribution in [1.29, 1.82) is 0 Å². The molecule has 2 N–H and O–H groups in total. The molecule has 0 aromatic carbocycles. The summed E-state index contributed by atoms with van der Waals surface area (Å²) in [6.07, 6.45) is 2.62. The van der Waals surface area contributed by atoms with Crippen LogP contribution >= 0.6 is 0 Å². The maximum Gasteiger partial charge on any atom is 0.319 e. The number of morpholine rings is 1. The van der Waals surface area contributed by atoms with Crippen molar-refractivity contribution in [2.24, 2.45) is 4.99 Å². The van der Waals surface area contributed by atoms with E-state index in [1.807, 2.05) is 6.92 Å². The lowest BCUT2D eigenvalue weighted by molar-refractivity contribution is -0.00834. The maximum absolute atomic E-state index is 12.9. The van der Waals surface area contributed by atoms with Gasteiger partial charge in [-0.3, -0.25) is 9.47 Å². The van der Waals surface area contributed by atoms with Gasteiger partial charge >= 0.3 is 6.55 Å². The molecule has 142 valence electrons. The molecule has 1 aromatic rings. The first-order valence-electron chi connectivity index (χ1n) is 8.59. The second-order valence-corrected chi connectivity index (χ2v) is 6.49. The van der Waals surface area contributed by atoms with Gasteiger partial charge in [-0.2, -0.15) is 8.78 Å². The fraction of sp³-hybridized carbons (Fsp3) is 0.750. The quantitative estimate of drug-likeness (QED) is 0.570. The summed E-state index contributed by atoms with van der Waals surface area (Å²) in [6, 6.07) is 0. The highest BCUT2D eigenvalue weighted by Crippen LogP contribution is 2.15. The summed E-state index contributed by atoms with van der Waals surface area (Å²) in [5, 5.41) is 6.44. The van der Waals surface area contributed by atoms with Gasteiger partial charge in [-0.25, -0.2) is 9.98 Å². The maximum atomic E-state index is 12.9. The number of nitrogens with zero attached hydrogens (tertiary/aromatic N) is 4. The number of halogens is 2. The van der Waals surface area contributed by atoms with Gasteiger partial charge in [-0.05, 0) is 20.8 Å². The number of ether oxygens (including phenoxy) is 1. The number of aromatic nitrogens is 2. The molecule has 1 fully saturated rings. The average molecular weight is 358 g/mol. The van der Waals surface area contributed by atoms with Crippen LogP contribution in [0.5, 0.6) is 0 Å². The summed E-state index contributed by atoms with van der Waals surface area (Å²) in [5.41, 5.74) is -0.0680. The Labute approximate surface area is 147 Å². The van der Waals surface area contributed by atoms with Crippen molar-refractivity contribution < 1.29 is 13.5 Å². The first kappa shape index (κ1) is 19.6. The lowest BCUT2D eigenvalue weighted by Gasteiger charge is -2.41. The van der Waals surface area contributed by atoms with Gasteiger partial charge < -0.3 is 15.4 Å². The topological polar surface area (TPSA) is 66.7 Å². The van der Waals surface area contributed by atoms with Gasteiger partial charge in [0.2, 0.25) is 0 Å². The van der Waals surface area contributed by atoms with E-state index in [9.17, 15) is 8.78 Å². The molecule has 0 atom stereocenters. The molecule has 7 nitrogen and oxygen atoms in total. The van der Waals surface area contributed by atoms with Crippen LogP contribution < -0.4 is 10.6 Å². The summed E-state index contributed by atoms with van der Waals surface area (Å²) >= 11 is 0. The second kappa shape index (κ2) is 9.10. The zero-order chi connectivity index (χ0) is 18.3. The molecule has 0 radical (unpaired) electrons. The van der Waals surface area contributed by atoms with E-state index in [1.165, 1.54) is 12.4 Å². The summed E-state index contributed by atoms with van der Waals surface area (Å²) in [4.78, 5) is 10.7. The van der Waals surface area contributed by atoms with Crippen LogP contribution in [0.2, 0.25) is 0 Å². The molecule has 1 aliphatic heterocycles. The van der Waals surface area contributed by atoms with Gasteiger partial charge in [-0.15, -0.1) is 0 Å². The highest BCUT2D eigenvalue weighted by atomic mass is 19.3. The molecule has 0 spiro atoms. The number of hydrogen-bond donors (Lipinski definition) is 2. The van der Waals surface area contributed by atoms with Crippen LogP contribution in [-0.2, 0) is 11.3 Å². The second-order valence-electron chi connectivity index (χ2n) is 6.49. The Balaban J connectivity index is 1.96. The monoisotopic (exact) mass is 358 g/mol. The fourth-order valence-corrected chi connectivity index (χ4v) is 2.72. The lowest BCUT2D eigenvalue weighted by Crippen LogP contribution is -2.56. The molecule has 1 aromatic heterocycles. The van der Waals surface area contributed by atoms with Crippen molar-refractivity contribution in [3.63, 3.8) is 0 Å². The highest BCUT2D eigenvalue weighted by Gasteiger charge is 2.28. The molecule has 1 saturated heterocycles. The van der Waals surface area contributed by atoms with E-state index in [2.05, 4.69) is 39.4 Å². The predicted octanol–water partition coefficient (Wildman–Crippen LogP) is 1.44. The molecule has 1 aliphatic rings. The lowest BCUT2D eigenvalue weighted by atomic mass is 10.0. The van der Waals surface area contributed by atoms with Crippen molar-refractivity contribution in [3.8, 4) is 0 Å². The van der Waals surface area contributed by atoms with E-state index in [1.54, 1.807) is 0 Å². The highest BCUT2D eigenvalue weighted by molar-refractivity contribution is 5.79. The van der Waals surface area contributed by atoms with Crippen LogP contribution in [0.1, 0.15) is 33.1 Å². The number of guanidine groups is 1. The smallest absolute Gasteiger partial charge is 0.319 e. The normalized spacial score (nSPS) is 17.1. The molecule has 2 rings (SSSR count). The minimum Gasteiger partial charge on any atom is -0.379 e. The van der Waals surface area contributed by atoms with E-state index < -0.39 is 6.55 Å². The molecule has 0 bridgehead atoms. The first-order chi connectivity index (χ1) is 11.9. The third-order valence-corrected chi connectivity index (χ3v) is 4.24. The molecule has 0 aliphatic carbocycles. The Bertz CT molecular complexity index is 555. The number of nitrogens with one attached hydrogen (secondary N) is 2. The largest absolute Gasteiger partial charge is 0.379 e. The summed E-state index contributed by atoms with van der Waals surface area (Å²) in [5.74, 6) is 0.826. The molecule has 25 heavy (non-hydrogen) atoms. The Morgan fingerprint density at radius 3 is 2.72 bits per heavy atom. The number of imidazole rings is 1. The number of aliphatic imine (C=N–C) groups is 1. The predicted molar refractivity (Wildman–Crippen MR) is 92.8 cm³/mol. The van der Waals surface area contributed by atoms with E-state index in [0.29, 0.717) is 19.0 Å². The van der Waals surface area contributed by atoms with Crippen molar-refractivity contribution in [3.05, 3.63) is 18.2 Å². The van der Waals surface area contributed by atoms with Crippen LogP contribution in [-0.4, -0.2) is 65.3 Å². The molecule has 0 unspecified atom stereocenters. The van der Waals surface area contributed by atoms with Crippen LogP contribution in [0, 0.1) is 0 Å². The molecular formula is C16H28F2N6O. The summed E-state index contributed by atoms with van der Waals surface area (Å²) < 4.78 is 32.0. The van der Waals surface area contributed by atoms with Crippen LogP contribution in [0.3, 0.4) is 0 Å². The Hall–Kier alpha value is -1.74. The standard InChI is InChI=1S/C16H28F2N6O/c1-4-19-15(21-11-13-20-5-6-24(13)14(17)18)22-12-16(2,3)23-7-9-25-10-8-23/h5-6,14H,4,7-12H2,1-3H3,(H2,19,21,22). The van der Waals surface area contributed by atoms with Crippen LogP contribution in [0.4, 0.5) is 8.78 Å². The van der Waals surface area contributed by atoms with E-state index >= 15 is 0 Å². The van der Waals surface area contributed by atoms with Crippen molar-refractivity contribution >= 4 is 5.96 Å². The van der Waals surface area contributed by atoms with E-state index in [0.717, 1.165) is 30.9 Å². The van der Waals surface area contributed by atoms with Gasteiger partial charge in [0, 0.05) is 44.1 Å². The zero-order valence-corrected chi connectivity index (χ0v) is 15.1. The van der Waals surface area contributed by atoms with Crippen molar-refractivity contribution in [2.75, 3.05) is 39.4 Å². The van der Waals surface area contributed by atoms with Gasteiger partial charge in [0.15, 0.2) is 5.96 Å². The van der Waals surface area contributed by atoms with E-state index in [-0.39, 0.29) is 17.9 Å². The Kier molecular flexibility index (Phi) is 7.12. The number of rotatable bonds is 7. The molecule has 0 amide bonds.